The molecule has 2 aromatic carbocycles. The molecule has 0 saturated heterocycles. The summed E-state index contributed by atoms with van der Waals surface area (Å²) in [7, 11) is 0. The lowest BCUT2D eigenvalue weighted by atomic mass is 9.62. The van der Waals surface area contributed by atoms with Crippen LogP contribution in [0.25, 0.3) is 11.1 Å². The average Bonchev–Trinajstić information content (AvgIpc) is 2.86. The summed E-state index contributed by atoms with van der Waals surface area (Å²) < 4.78 is 0. The predicted octanol–water partition coefficient (Wildman–Crippen LogP) is 6.03. The van der Waals surface area contributed by atoms with Crippen LogP contribution in [0.5, 0.6) is 0 Å². The number of rotatable bonds is 0. The molecule has 4 rings (SSSR count). The second-order valence-electron chi connectivity index (χ2n) is 6.37. The maximum Gasteiger partial charge on any atom is 0.0463 e. The van der Waals surface area contributed by atoms with Crippen LogP contribution in [0.3, 0.4) is 0 Å². The standard InChI is InChI=1S/C22H22/c1-3-16-10-9-15-22(19(16)4-2)20-13-7-5-11-17(20)18-12-6-8-14-21(18)22/h3-8,11-14H,9-10,15H2,1-2H3/b16-3-,19-4+. The van der Waals surface area contributed by atoms with Crippen LogP contribution in [0.4, 0.5) is 0 Å². The summed E-state index contributed by atoms with van der Waals surface area (Å²) in [5.41, 5.74) is 8.98. The summed E-state index contributed by atoms with van der Waals surface area (Å²) in [6, 6.07) is 18.0. The summed E-state index contributed by atoms with van der Waals surface area (Å²) in [4.78, 5) is 0. The van der Waals surface area contributed by atoms with E-state index in [0.717, 1.165) is 0 Å². The van der Waals surface area contributed by atoms with Gasteiger partial charge in [0.05, 0.1) is 0 Å². The fourth-order valence-electron chi connectivity index (χ4n) is 4.70. The first-order valence-electron chi connectivity index (χ1n) is 8.34. The van der Waals surface area contributed by atoms with E-state index in [0.29, 0.717) is 0 Å². The average molecular weight is 286 g/mol. The molecule has 0 atom stereocenters. The van der Waals surface area contributed by atoms with Crippen LogP contribution in [0.2, 0.25) is 0 Å². The highest BCUT2D eigenvalue weighted by atomic mass is 14.5. The van der Waals surface area contributed by atoms with Gasteiger partial charge in [-0.25, -0.2) is 0 Å². The van der Waals surface area contributed by atoms with E-state index in [1.54, 1.807) is 0 Å². The highest BCUT2D eigenvalue weighted by molar-refractivity contribution is 5.84. The fraction of sp³-hybridized carbons (Fsp3) is 0.273. The molecule has 1 spiro atoms. The Morgan fingerprint density at radius 2 is 1.41 bits per heavy atom. The molecule has 0 heterocycles. The summed E-state index contributed by atoms with van der Waals surface area (Å²) >= 11 is 0. The minimum absolute atomic E-state index is 0.0715. The first-order valence-corrected chi connectivity index (χ1v) is 8.34. The lowest BCUT2D eigenvalue weighted by Gasteiger charge is -2.40. The quantitative estimate of drug-likeness (QED) is 0.554. The molecular formula is C22H22. The van der Waals surface area contributed by atoms with E-state index in [1.165, 1.54) is 52.7 Å². The van der Waals surface area contributed by atoms with Gasteiger partial charge in [0.2, 0.25) is 0 Å². The molecule has 110 valence electrons. The summed E-state index contributed by atoms with van der Waals surface area (Å²) in [6.45, 7) is 4.39. The third kappa shape index (κ3) is 1.58. The van der Waals surface area contributed by atoms with Crippen LogP contribution in [0.15, 0.2) is 71.8 Å². The third-order valence-electron chi connectivity index (χ3n) is 5.50. The molecule has 22 heavy (non-hydrogen) atoms. The molecule has 0 N–H and O–H groups in total. The molecule has 0 amide bonds. The monoisotopic (exact) mass is 286 g/mol. The molecule has 2 aliphatic rings. The summed E-state index contributed by atoms with van der Waals surface area (Å²) in [5.74, 6) is 0. The molecule has 0 radical (unpaired) electrons. The first kappa shape index (κ1) is 13.6. The van der Waals surface area contributed by atoms with Gasteiger partial charge in [0.25, 0.3) is 0 Å². The first-order chi connectivity index (χ1) is 10.8. The molecule has 0 heteroatoms. The largest absolute Gasteiger partial charge is 0.0841 e. The minimum Gasteiger partial charge on any atom is -0.0841 e. The molecule has 0 aliphatic heterocycles. The van der Waals surface area contributed by atoms with Crippen molar-refractivity contribution in [2.45, 2.75) is 38.5 Å². The Morgan fingerprint density at radius 1 is 0.818 bits per heavy atom. The lowest BCUT2D eigenvalue weighted by Crippen LogP contribution is -2.32. The van der Waals surface area contributed by atoms with Gasteiger partial charge in [-0.15, -0.1) is 0 Å². The molecule has 2 aliphatic carbocycles. The molecule has 0 aromatic heterocycles. The number of benzene rings is 2. The van der Waals surface area contributed by atoms with Crippen LogP contribution in [0, 0.1) is 0 Å². The molecule has 0 nitrogen and oxygen atoms in total. The Bertz CT molecular complexity index is 744. The van der Waals surface area contributed by atoms with Crippen molar-refractivity contribution in [3.05, 3.63) is 83.0 Å². The molecular weight excluding hydrogens is 264 g/mol. The normalized spacial score (nSPS) is 22.1. The van der Waals surface area contributed by atoms with Crippen molar-refractivity contribution >= 4 is 0 Å². The van der Waals surface area contributed by atoms with Crippen molar-refractivity contribution in [2.24, 2.45) is 0 Å². The Labute approximate surface area is 133 Å². The van der Waals surface area contributed by atoms with E-state index < -0.39 is 0 Å². The van der Waals surface area contributed by atoms with Gasteiger partial charge in [-0.05, 0) is 66.5 Å². The topological polar surface area (TPSA) is 0 Å². The second-order valence-corrected chi connectivity index (χ2v) is 6.37. The van der Waals surface area contributed by atoms with Gasteiger partial charge in [-0.3, -0.25) is 0 Å². The predicted molar refractivity (Wildman–Crippen MR) is 94.0 cm³/mol. The minimum atomic E-state index is 0.0715. The zero-order chi connectivity index (χ0) is 15.2. The van der Waals surface area contributed by atoms with Crippen molar-refractivity contribution in [1.82, 2.24) is 0 Å². The highest BCUT2D eigenvalue weighted by Gasteiger charge is 2.47. The number of allylic oxidation sites excluding steroid dienone is 4. The zero-order valence-corrected chi connectivity index (χ0v) is 13.4. The summed E-state index contributed by atoms with van der Waals surface area (Å²) in [6.07, 6.45) is 8.37. The smallest absolute Gasteiger partial charge is 0.0463 e. The third-order valence-corrected chi connectivity index (χ3v) is 5.50. The highest BCUT2D eigenvalue weighted by Crippen LogP contribution is 2.58. The van der Waals surface area contributed by atoms with Crippen molar-refractivity contribution < 1.29 is 0 Å². The van der Waals surface area contributed by atoms with E-state index >= 15 is 0 Å². The Hall–Kier alpha value is -2.08. The maximum atomic E-state index is 2.35. The molecule has 1 fully saturated rings. The van der Waals surface area contributed by atoms with Crippen molar-refractivity contribution in [3.63, 3.8) is 0 Å². The molecule has 2 aromatic rings. The van der Waals surface area contributed by atoms with Gasteiger partial charge >= 0.3 is 0 Å². The van der Waals surface area contributed by atoms with Crippen LogP contribution in [-0.2, 0) is 5.41 Å². The van der Waals surface area contributed by atoms with Crippen LogP contribution >= 0.6 is 0 Å². The van der Waals surface area contributed by atoms with Gasteiger partial charge in [-0.2, -0.15) is 0 Å². The van der Waals surface area contributed by atoms with Gasteiger partial charge in [-0.1, -0.05) is 60.7 Å². The Kier molecular flexibility index (Phi) is 3.07. The molecule has 0 bridgehead atoms. The maximum absolute atomic E-state index is 2.35. The molecule has 0 unspecified atom stereocenters. The van der Waals surface area contributed by atoms with Crippen LogP contribution < -0.4 is 0 Å². The van der Waals surface area contributed by atoms with E-state index in [4.69, 9.17) is 0 Å². The lowest BCUT2D eigenvalue weighted by molar-refractivity contribution is 0.497. The van der Waals surface area contributed by atoms with Crippen molar-refractivity contribution in [1.29, 1.82) is 0 Å². The SMILES string of the molecule is C/C=C1/CCCC2(/C1=C/C)c1ccccc1-c1ccccc12. The van der Waals surface area contributed by atoms with Crippen molar-refractivity contribution in [2.75, 3.05) is 0 Å². The molecule has 1 saturated carbocycles. The second kappa shape index (κ2) is 4.98. The Balaban J connectivity index is 2.09. The van der Waals surface area contributed by atoms with Gasteiger partial charge in [0.1, 0.15) is 0 Å². The van der Waals surface area contributed by atoms with Gasteiger partial charge < -0.3 is 0 Å². The van der Waals surface area contributed by atoms with E-state index in [-0.39, 0.29) is 5.41 Å². The van der Waals surface area contributed by atoms with Crippen LogP contribution in [0.1, 0.15) is 44.2 Å². The summed E-state index contributed by atoms with van der Waals surface area (Å²) in [5, 5.41) is 0. The van der Waals surface area contributed by atoms with E-state index in [9.17, 15) is 0 Å². The number of hydrogen-bond acceptors (Lipinski definition) is 0. The van der Waals surface area contributed by atoms with Gasteiger partial charge in [0, 0.05) is 5.41 Å². The fourth-order valence-corrected chi connectivity index (χ4v) is 4.70. The Morgan fingerprint density at radius 3 is 1.95 bits per heavy atom. The van der Waals surface area contributed by atoms with E-state index in [2.05, 4.69) is 74.5 Å². The zero-order valence-electron chi connectivity index (χ0n) is 13.4. The van der Waals surface area contributed by atoms with Crippen LogP contribution in [-0.4, -0.2) is 0 Å². The number of fused-ring (bicyclic) bond motifs is 5. The van der Waals surface area contributed by atoms with E-state index in [1.807, 2.05) is 0 Å². The van der Waals surface area contributed by atoms with Crippen molar-refractivity contribution in [3.8, 4) is 11.1 Å². The van der Waals surface area contributed by atoms with Gasteiger partial charge in [0.15, 0.2) is 0 Å². The number of hydrogen-bond donors (Lipinski definition) is 0.